The smallest absolute Gasteiger partial charge is 0.317 e. The number of amides is 2. The van der Waals surface area contributed by atoms with E-state index in [1.54, 1.807) is 0 Å². The Morgan fingerprint density at radius 3 is 2.88 bits per heavy atom. The van der Waals surface area contributed by atoms with Crippen LogP contribution < -0.4 is 11.1 Å². The van der Waals surface area contributed by atoms with Crippen molar-refractivity contribution >= 4 is 6.03 Å². The lowest BCUT2D eigenvalue weighted by Crippen LogP contribution is -2.48. The van der Waals surface area contributed by atoms with Crippen molar-refractivity contribution in [1.29, 1.82) is 0 Å². The van der Waals surface area contributed by atoms with Gasteiger partial charge in [-0.2, -0.15) is 0 Å². The summed E-state index contributed by atoms with van der Waals surface area (Å²) in [6, 6.07) is 0.230. The third kappa shape index (κ3) is 3.11. The second-order valence-corrected chi connectivity index (χ2v) is 5.38. The predicted octanol–water partition coefficient (Wildman–Crippen LogP) is 1.17. The molecule has 1 aliphatic heterocycles. The molecule has 2 amide bonds. The molecule has 0 radical (unpaired) electrons. The standard InChI is InChI=1S/C12H23N3O/c1-9-3-2-6-15(8-9)12(16)14-7-11(13)10-4-5-10/h9-11H,2-8,13H2,1H3,(H,14,16). The summed E-state index contributed by atoms with van der Waals surface area (Å²) in [5.74, 6) is 1.29. The maximum Gasteiger partial charge on any atom is 0.317 e. The molecule has 0 bridgehead atoms. The third-order valence-corrected chi connectivity index (χ3v) is 3.66. The van der Waals surface area contributed by atoms with E-state index in [1.165, 1.54) is 19.3 Å². The van der Waals surface area contributed by atoms with Crippen LogP contribution in [0.4, 0.5) is 4.79 Å². The van der Waals surface area contributed by atoms with Crippen LogP contribution in [0.25, 0.3) is 0 Å². The zero-order valence-electron chi connectivity index (χ0n) is 10.1. The van der Waals surface area contributed by atoms with Crippen LogP contribution in [0.5, 0.6) is 0 Å². The molecule has 4 nitrogen and oxygen atoms in total. The molecule has 2 rings (SSSR count). The SMILES string of the molecule is CC1CCCN(C(=O)NCC(N)C2CC2)C1. The van der Waals surface area contributed by atoms with Crippen LogP contribution in [0.3, 0.4) is 0 Å². The Morgan fingerprint density at radius 1 is 1.50 bits per heavy atom. The molecule has 4 heteroatoms. The van der Waals surface area contributed by atoms with Gasteiger partial charge in [0, 0.05) is 25.7 Å². The maximum absolute atomic E-state index is 11.9. The van der Waals surface area contributed by atoms with Crippen LogP contribution in [0.2, 0.25) is 0 Å². The van der Waals surface area contributed by atoms with Crippen molar-refractivity contribution in [2.24, 2.45) is 17.6 Å². The van der Waals surface area contributed by atoms with Gasteiger partial charge in [-0.15, -0.1) is 0 Å². The Morgan fingerprint density at radius 2 is 2.25 bits per heavy atom. The first-order chi connectivity index (χ1) is 7.66. The Hall–Kier alpha value is -0.770. The van der Waals surface area contributed by atoms with Gasteiger partial charge < -0.3 is 16.0 Å². The maximum atomic E-state index is 11.9. The molecule has 3 N–H and O–H groups in total. The second-order valence-electron chi connectivity index (χ2n) is 5.38. The van der Waals surface area contributed by atoms with Crippen LogP contribution in [0.1, 0.15) is 32.6 Å². The number of hydrogen-bond donors (Lipinski definition) is 2. The van der Waals surface area contributed by atoms with E-state index in [1.807, 2.05) is 4.90 Å². The van der Waals surface area contributed by atoms with Crippen molar-refractivity contribution in [2.45, 2.75) is 38.6 Å². The molecular weight excluding hydrogens is 202 g/mol. The molecular formula is C12H23N3O. The summed E-state index contributed by atoms with van der Waals surface area (Å²) in [7, 11) is 0. The van der Waals surface area contributed by atoms with Crippen molar-refractivity contribution < 1.29 is 4.79 Å². The minimum atomic E-state index is 0.0719. The summed E-state index contributed by atoms with van der Waals surface area (Å²) >= 11 is 0. The Labute approximate surface area is 97.6 Å². The fraction of sp³-hybridized carbons (Fsp3) is 0.917. The zero-order chi connectivity index (χ0) is 11.5. The molecule has 0 aromatic rings. The quantitative estimate of drug-likeness (QED) is 0.757. The molecule has 2 unspecified atom stereocenters. The first-order valence-electron chi connectivity index (χ1n) is 6.45. The van der Waals surface area contributed by atoms with Gasteiger partial charge in [0.2, 0.25) is 0 Å². The van der Waals surface area contributed by atoms with Crippen LogP contribution >= 0.6 is 0 Å². The number of hydrogen-bond acceptors (Lipinski definition) is 2. The molecule has 2 aliphatic rings. The highest BCUT2D eigenvalue weighted by molar-refractivity contribution is 5.74. The lowest BCUT2D eigenvalue weighted by molar-refractivity contribution is 0.169. The van der Waals surface area contributed by atoms with Gasteiger partial charge in [0.15, 0.2) is 0 Å². The fourth-order valence-corrected chi connectivity index (χ4v) is 2.38. The highest BCUT2D eigenvalue weighted by atomic mass is 16.2. The van der Waals surface area contributed by atoms with Crippen LogP contribution in [-0.4, -0.2) is 36.6 Å². The first kappa shape index (κ1) is 11.7. The monoisotopic (exact) mass is 225 g/mol. The van der Waals surface area contributed by atoms with Gasteiger partial charge in [0.1, 0.15) is 0 Å². The minimum absolute atomic E-state index is 0.0719. The highest BCUT2D eigenvalue weighted by Crippen LogP contribution is 2.31. The topological polar surface area (TPSA) is 58.4 Å². The Kier molecular flexibility index (Phi) is 3.69. The summed E-state index contributed by atoms with van der Waals surface area (Å²) in [5, 5.41) is 2.96. The molecule has 16 heavy (non-hydrogen) atoms. The normalized spacial score (nSPS) is 27.6. The number of rotatable bonds is 3. The molecule has 1 saturated carbocycles. The van der Waals surface area contributed by atoms with Crippen molar-refractivity contribution in [3.05, 3.63) is 0 Å². The Bertz CT molecular complexity index is 253. The molecule has 2 fully saturated rings. The fourth-order valence-electron chi connectivity index (χ4n) is 2.38. The van der Waals surface area contributed by atoms with Gasteiger partial charge in [0.25, 0.3) is 0 Å². The number of likely N-dealkylation sites (tertiary alicyclic amines) is 1. The number of nitrogens with one attached hydrogen (secondary N) is 1. The molecule has 1 aliphatic carbocycles. The van der Waals surface area contributed by atoms with Gasteiger partial charge in [-0.05, 0) is 37.5 Å². The molecule has 92 valence electrons. The molecule has 0 aromatic carbocycles. The molecule has 0 aromatic heterocycles. The van der Waals surface area contributed by atoms with Crippen molar-refractivity contribution in [3.63, 3.8) is 0 Å². The highest BCUT2D eigenvalue weighted by Gasteiger charge is 2.29. The van der Waals surface area contributed by atoms with Gasteiger partial charge in [-0.25, -0.2) is 4.79 Å². The van der Waals surface area contributed by atoms with Gasteiger partial charge in [-0.3, -0.25) is 0 Å². The number of urea groups is 1. The molecule has 2 atom stereocenters. The predicted molar refractivity (Wildman–Crippen MR) is 64.1 cm³/mol. The van der Waals surface area contributed by atoms with Gasteiger partial charge in [0.05, 0.1) is 0 Å². The summed E-state index contributed by atoms with van der Waals surface area (Å²) in [4.78, 5) is 13.8. The van der Waals surface area contributed by atoms with Crippen molar-refractivity contribution in [1.82, 2.24) is 10.2 Å². The van der Waals surface area contributed by atoms with E-state index in [2.05, 4.69) is 12.2 Å². The second kappa shape index (κ2) is 5.04. The van der Waals surface area contributed by atoms with Crippen LogP contribution in [-0.2, 0) is 0 Å². The van der Waals surface area contributed by atoms with Crippen molar-refractivity contribution in [2.75, 3.05) is 19.6 Å². The summed E-state index contributed by atoms with van der Waals surface area (Å²) < 4.78 is 0. The van der Waals surface area contributed by atoms with Crippen LogP contribution in [0.15, 0.2) is 0 Å². The zero-order valence-corrected chi connectivity index (χ0v) is 10.1. The summed E-state index contributed by atoms with van der Waals surface area (Å²) in [6.07, 6.45) is 4.84. The third-order valence-electron chi connectivity index (χ3n) is 3.66. The average Bonchev–Trinajstić information content (AvgIpc) is 3.09. The number of nitrogens with zero attached hydrogens (tertiary/aromatic N) is 1. The van der Waals surface area contributed by atoms with Crippen LogP contribution in [0, 0.1) is 11.8 Å². The molecule has 1 saturated heterocycles. The van der Waals surface area contributed by atoms with E-state index in [0.29, 0.717) is 18.4 Å². The molecule has 1 heterocycles. The van der Waals surface area contributed by atoms with E-state index in [9.17, 15) is 4.79 Å². The van der Waals surface area contributed by atoms with Crippen molar-refractivity contribution in [3.8, 4) is 0 Å². The van der Waals surface area contributed by atoms with E-state index >= 15 is 0 Å². The van der Waals surface area contributed by atoms with Gasteiger partial charge >= 0.3 is 6.03 Å². The summed E-state index contributed by atoms with van der Waals surface area (Å²) in [6.45, 7) is 4.63. The lowest BCUT2D eigenvalue weighted by Gasteiger charge is -2.31. The largest absolute Gasteiger partial charge is 0.336 e. The van der Waals surface area contributed by atoms with E-state index in [4.69, 9.17) is 5.73 Å². The minimum Gasteiger partial charge on any atom is -0.336 e. The number of piperidine rings is 1. The van der Waals surface area contributed by atoms with Gasteiger partial charge in [-0.1, -0.05) is 6.92 Å². The average molecular weight is 225 g/mol. The number of carbonyl (C=O) groups excluding carboxylic acids is 1. The lowest BCUT2D eigenvalue weighted by atomic mass is 10.0. The number of carbonyl (C=O) groups is 1. The number of nitrogens with two attached hydrogens (primary N) is 1. The summed E-state index contributed by atoms with van der Waals surface area (Å²) in [5.41, 5.74) is 5.95. The van der Waals surface area contributed by atoms with E-state index in [-0.39, 0.29) is 12.1 Å². The first-order valence-corrected chi connectivity index (χ1v) is 6.45. The van der Waals surface area contributed by atoms with E-state index < -0.39 is 0 Å². The Balaban J connectivity index is 1.69. The molecule has 0 spiro atoms. The van der Waals surface area contributed by atoms with E-state index in [0.717, 1.165) is 19.5 Å².